The Morgan fingerprint density at radius 3 is 2.76 bits per heavy atom. The third-order valence-corrected chi connectivity index (χ3v) is 2.74. The van der Waals surface area contributed by atoms with E-state index in [2.05, 4.69) is 0 Å². The number of nitrogens with zero attached hydrogens (tertiary/aromatic N) is 1. The molecule has 0 spiro atoms. The molecule has 0 heterocycles. The molecule has 0 saturated heterocycles. The molecule has 4 heteroatoms. The van der Waals surface area contributed by atoms with Gasteiger partial charge in [0, 0.05) is 12.7 Å². The molecular formula is C13H13NO3. The highest BCUT2D eigenvalue weighted by Gasteiger charge is 2.10. The van der Waals surface area contributed by atoms with Crippen molar-refractivity contribution < 1.29 is 10.0 Å². The van der Waals surface area contributed by atoms with Gasteiger partial charge in [-0.1, -0.05) is 24.3 Å². The molecule has 0 radical (unpaired) electrons. The van der Waals surface area contributed by atoms with Crippen LogP contribution in [0.15, 0.2) is 36.4 Å². The molecule has 2 aromatic rings. The third kappa shape index (κ3) is 2.42. The highest BCUT2D eigenvalue weighted by atomic mass is 16.6. The van der Waals surface area contributed by atoms with Crippen molar-refractivity contribution in [1.82, 2.24) is 0 Å². The lowest BCUT2D eigenvalue weighted by Gasteiger charge is -2.03. The van der Waals surface area contributed by atoms with E-state index >= 15 is 0 Å². The molecule has 0 atom stereocenters. The molecular weight excluding hydrogens is 218 g/mol. The number of aryl methyl sites for hydroxylation is 1. The van der Waals surface area contributed by atoms with E-state index in [0.29, 0.717) is 11.8 Å². The lowest BCUT2D eigenvalue weighted by Crippen LogP contribution is -1.92. The highest BCUT2D eigenvalue weighted by molar-refractivity contribution is 5.91. The van der Waals surface area contributed by atoms with Crippen molar-refractivity contribution in [3.8, 4) is 0 Å². The summed E-state index contributed by atoms with van der Waals surface area (Å²) < 4.78 is 0. The number of hydrogen-bond donors (Lipinski definition) is 1. The molecule has 2 rings (SSSR count). The Hall–Kier alpha value is -1.94. The molecule has 0 bridgehead atoms. The van der Waals surface area contributed by atoms with Crippen molar-refractivity contribution >= 4 is 16.5 Å². The van der Waals surface area contributed by atoms with Gasteiger partial charge in [0.1, 0.15) is 0 Å². The van der Waals surface area contributed by atoms with E-state index < -0.39 is 0 Å². The predicted octanol–water partition coefficient (Wildman–Crippen LogP) is 2.67. The van der Waals surface area contributed by atoms with Crippen molar-refractivity contribution in [1.29, 1.82) is 0 Å². The van der Waals surface area contributed by atoms with Crippen LogP contribution in [0.1, 0.15) is 12.0 Å². The Morgan fingerprint density at radius 1 is 1.24 bits per heavy atom. The molecule has 0 amide bonds. The molecule has 1 N–H and O–H groups in total. The van der Waals surface area contributed by atoms with Gasteiger partial charge >= 0.3 is 0 Å². The first-order valence-corrected chi connectivity index (χ1v) is 5.49. The largest absolute Gasteiger partial charge is 0.396 e. The molecule has 2 aromatic carbocycles. The Balaban J connectivity index is 2.45. The minimum absolute atomic E-state index is 0.135. The van der Waals surface area contributed by atoms with Crippen LogP contribution in [0.4, 0.5) is 5.69 Å². The number of aliphatic hydroxyl groups is 1. The first-order valence-electron chi connectivity index (χ1n) is 5.49. The summed E-state index contributed by atoms with van der Waals surface area (Å²) in [5, 5.41) is 21.1. The maximum absolute atomic E-state index is 10.8. The second-order valence-electron chi connectivity index (χ2n) is 3.92. The van der Waals surface area contributed by atoms with Gasteiger partial charge in [-0.15, -0.1) is 0 Å². The lowest BCUT2D eigenvalue weighted by atomic mass is 10.0. The van der Waals surface area contributed by atoms with Gasteiger partial charge in [0.2, 0.25) is 0 Å². The van der Waals surface area contributed by atoms with Crippen molar-refractivity contribution in [2.24, 2.45) is 0 Å². The fourth-order valence-electron chi connectivity index (χ4n) is 1.91. The van der Waals surface area contributed by atoms with Crippen molar-refractivity contribution in [2.75, 3.05) is 6.61 Å². The van der Waals surface area contributed by atoms with Crippen LogP contribution in [0.2, 0.25) is 0 Å². The van der Waals surface area contributed by atoms with Gasteiger partial charge in [0.15, 0.2) is 0 Å². The highest BCUT2D eigenvalue weighted by Crippen LogP contribution is 2.26. The van der Waals surface area contributed by atoms with Crippen LogP contribution >= 0.6 is 0 Å². The molecule has 0 aliphatic heterocycles. The van der Waals surface area contributed by atoms with E-state index in [-0.39, 0.29) is 17.2 Å². The molecule has 0 unspecified atom stereocenters. The zero-order chi connectivity index (χ0) is 12.3. The molecule has 4 nitrogen and oxygen atoms in total. The molecule has 0 aliphatic carbocycles. The van der Waals surface area contributed by atoms with Gasteiger partial charge in [0.25, 0.3) is 5.69 Å². The molecule has 88 valence electrons. The summed E-state index contributed by atoms with van der Waals surface area (Å²) in [6, 6.07) is 10.7. The van der Waals surface area contributed by atoms with E-state index in [1.165, 1.54) is 6.07 Å². The van der Waals surface area contributed by atoms with Crippen LogP contribution in [0.5, 0.6) is 0 Å². The number of rotatable bonds is 4. The van der Waals surface area contributed by atoms with Gasteiger partial charge in [-0.2, -0.15) is 0 Å². The zero-order valence-electron chi connectivity index (χ0n) is 9.30. The van der Waals surface area contributed by atoms with E-state index in [9.17, 15) is 10.1 Å². The van der Waals surface area contributed by atoms with Crippen LogP contribution in [0, 0.1) is 10.1 Å². The third-order valence-electron chi connectivity index (χ3n) is 2.74. The predicted molar refractivity (Wildman–Crippen MR) is 66.0 cm³/mol. The van der Waals surface area contributed by atoms with Crippen LogP contribution in [-0.4, -0.2) is 16.6 Å². The second kappa shape index (κ2) is 4.93. The number of nitro groups is 1. The Morgan fingerprint density at radius 2 is 2.06 bits per heavy atom. The van der Waals surface area contributed by atoms with Crippen LogP contribution < -0.4 is 0 Å². The summed E-state index contributed by atoms with van der Waals surface area (Å²) in [5.41, 5.74) is 1.23. The summed E-state index contributed by atoms with van der Waals surface area (Å²) in [6.45, 7) is 0.160. The summed E-state index contributed by atoms with van der Waals surface area (Å²) in [5.74, 6) is 0. The average molecular weight is 231 g/mol. The smallest absolute Gasteiger partial charge is 0.277 e. The fraction of sp³-hybridized carbons (Fsp3) is 0.231. The van der Waals surface area contributed by atoms with E-state index in [1.807, 2.05) is 18.2 Å². The van der Waals surface area contributed by atoms with Gasteiger partial charge in [-0.05, 0) is 29.9 Å². The SMILES string of the molecule is O=[N+]([O-])c1cccc2cc(CCCO)ccc12. The average Bonchev–Trinajstić information content (AvgIpc) is 2.35. The lowest BCUT2D eigenvalue weighted by molar-refractivity contribution is -0.383. The normalized spacial score (nSPS) is 10.6. The molecule has 0 aromatic heterocycles. The Labute approximate surface area is 98.7 Å². The number of aliphatic hydroxyl groups excluding tert-OH is 1. The van der Waals surface area contributed by atoms with Crippen LogP contribution in [-0.2, 0) is 6.42 Å². The van der Waals surface area contributed by atoms with Crippen molar-refractivity contribution in [3.63, 3.8) is 0 Å². The summed E-state index contributed by atoms with van der Waals surface area (Å²) in [7, 11) is 0. The van der Waals surface area contributed by atoms with Gasteiger partial charge in [-0.25, -0.2) is 0 Å². The van der Waals surface area contributed by atoms with E-state index in [4.69, 9.17) is 5.11 Å². The number of non-ortho nitro benzene ring substituents is 1. The maximum Gasteiger partial charge on any atom is 0.277 e. The second-order valence-corrected chi connectivity index (χ2v) is 3.92. The number of fused-ring (bicyclic) bond motifs is 1. The monoisotopic (exact) mass is 231 g/mol. The first kappa shape index (κ1) is 11.5. The minimum Gasteiger partial charge on any atom is -0.396 e. The Bertz CT molecular complexity index is 551. The van der Waals surface area contributed by atoms with Crippen molar-refractivity contribution in [2.45, 2.75) is 12.8 Å². The van der Waals surface area contributed by atoms with Gasteiger partial charge in [-0.3, -0.25) is 10.1 Å². The molecule has 0 saturated carbocycles. The summed E-state index contributed by atoms with van der Waals surface area (Å²) >= 11 is 0. The van der Waals surface area contributed by atoms with Crippen LogP contribution in [0.3, 0.4) is 0 Å². The summed E-state index contributed by atoms with van der Waals surface area (Å²) in [6.07, 6.45) is 1.50. The minimum atomic E-state index is -0.365. The molecule has 0 fully saturated rings. The maximum atomic E-state index is 10.8. The van der Waals surface area contributed by atoms with Gasteiger partial charge in [0.05, 0.1) is 10.3 Å². The van der Waals surface area contributed by atoms with Crippen LogP contribution in [0.25, 0.3) is 10.8 Å². The van der Waals surface area contributed by atoms with Gasteiger partial charge < -0.3 is 5.11 Å². The number of hydrogen-bond acceptors (Lipinski definition) is 3. The topological polar surface area (TPSA) is 63.4 Å². The quantitative estimate of drug-likeness (QED) is 0.650. The molecule has 0 aliphatic rings. The van der Waals surface area contributed by atoms with E-state index in [0.717, 1.165) is 17.4 Å². The first-order chi connectivity index (χ1) is 8.22. The summed E-state index contributed by atoms with van der Waals surface area (Å²) in [4.78, 5) is 10.5. The number of benzene rings is 2. The van der Waals surface area contributed by atoms with E-state index in [1.54, 1.807) is 12.1 Å². The fourth-order valence-corrected chi connectivity index (χ4v) is 1.91. The van der Waals surface area contributed by atoms with Crippen molar-refractivity contribution in [3.05, 3.63) is 52.1 Å². The zero-order valence-corrected chi connectivity index (χ0v) is 9.30. The Kier molecular flexibility index (Phi) is 3.35. The number of nitro benzene ring substituents is 1. The standard InChI is InChI=1S/C13H13NO3/c15-8-2-3-10-6-7-12-11(9-10)4-1-5-13(12)14(16)17/h1,4-7,9,15H,2-3,8H2. The molecule has 17 heavy (non-hydrogen) atoms.